The number of rotatable bonds is 6. The first-order valence-electron chi connectivity index (χ1n) is 9.45. The summed E-state index contributed by atoms with van der Waals surface area (Å²) in [6.45, 7) is 1.70. The first-order chi connectivity index (χ1) is 12.7. The van der Waals surface area contributed by atoms with Crippen LogP contribution >= 0.6 is 0 Å². The number of aliphatic hydroxyl groups excluding tert-OH is 1. The Labute approximate surface area is 160 Å². The van der Waals surface area contributed by atoms with Gasteiger partial charge in [-0.3, -0.25) is 4.79 Å². The van der Waals surface area contributed by atoms with Gasteiger partial charge >= 0.3 is 0 Å². The molecule has 0 bridgehead atoms. The van der Waals surface area contributed by atoms with Crippen LogP contribution in [0, 0.1) is 0 Å². The normalized spacial score (nSPS) is 41.2. The molecule has 1 aliphatic carbocycles. The molecule has 0 aromatic heterocycles. The average molecular weight is 389 g/mol. The molecule has 1 amide bonds. The van der Waals surface area contributed by atoms with Crippen LogP contribution in [0.5, 0.6) is 0 Å². The van der Waals surface area contributed by atoms with Crippen molar-refractivity contribution in [3.8, 4) is 0 Å². The minimum atomic E-state index is -1.08. The van der Waals surface area contributed by atoms with Crippen molar-refractivity contribution < 1.29 is 24.1 Å². The summed E-state index contributed by atoms with van der Waals surface area (Å²) in [6.07, 6.45) is -1.32. The number of hydrogen-bond donors (Lipinski definition) is 5. The van der Waals surface area contributed by atoms with Gasteiger partial charge in [0.25, 0.3) is 0 Å². The van der Waals surface area contributed by atoms with Gasteiger partial charge in [0.1, 0.15) is 12.2 Å². The third-order valence-corrected chi connectivity index (χ3v) is 5.63. The Kier molecular flexibility index (Phi) is 7.95. The molecule has 0 spiro atoms. The summed E-state index contributed by atoms with van der Waals surface area (Å²) in [5.41, 5.74) is 23.8. The molecule has 0 aromatic rings. The minimum absolute atomic E-state index is 0.160. The zero-order valence-electron chi connectivity index (χ0n) is 16.4. The lowest BCUT2D eigenvalue weighted by atomic mass is 9.83. The molecule has 2 rings (SSSR count). The van der Waals surface area contributed by atoms with E-state index < -0.39 is 36.7 Å². The Bertz CT molecular complexity index is 496. The number of likely N-dealkylation sites (N-methyl/N-ethyl adjacent to an activating group) is 1. The molecular formula is C17H35N5O5. The van der Waals surface area contributed by atoms with Crippen LogP contribution < -0.4 is 22.9 Å². The van der Waals surface area contributed by atoms with Crippen LogP contribution in [0.1, 0.15) is 26.2 Å². The van der Waals surface area contributed by atoms with E-state index in [-0.39, 0.29) is 30.6 Å². The van der Waals surface area contributed by atoms with E-state index in [1.807, 2.05) is 6.92 Å². The topological polar surface area (TPSA) is 172 Å². The molecule has 1 saturated heterocycles. The number of amides is 1. The van der Waals surface area contributed by atoms with Gasteiger partial charge in [-0.25, -0.2) is 0 Å². The van der Waals surface area contributed by atoms with Crippen molar-refractivity contribution in [3.05, 3.63) is 0 Å². The summed E-state index contributed by atoms with van der Waals surface area (Å²) in [7, 11) is 3.10. The van der Waals surface area contributed by atoms with Gasteiger partial charge in [-0.2, -0.15) is 0 Å². The molecule has 10 heteroatoms. The fraction of sp³-hybridized carbons (Fsp3) is 0.941. The van der Waals surface area contributed by atoms with E-state index in [2.05, 4.69) is 0 Å². The molecule has 0 radical (unpaired) electrons. The van der Waals surface area contributed by atoms with Crippen LogP contribution in [0.25, 0.3) is 0 Å². The molecule has 0 aromatic carbocycles. The predicted octanol–water partition coefficient (Wildman–Crippen LogP) is -2.56. The quantitative estimate of drug-likeness (QED) is 0.327. The van der Waals surface area contributed by atoms with Gasteiger partial charge in [-0.15, -0.1) is 0 Å². The summed E-state index contributed by atoms with van der Waals surface area (Å²) >= 11 is 0. The fourth-order valence-corrected chi connectivity index (χ4v) is 3.92. The third kappa shape index (κ3) is 4.96. The van der Waals surface area contributed by atoms with Crippen LogP contribution in [-0.4, -0.2) is 91.5 Å². The second-order valence-corrected chi connectivity index (χ2v) is 7.61. The van der Waals surface area contributed by atoms with Crippen molar-refractivity contribution in [3.63, 3.8) is 0 Å². The number of nitrogens with zero attached hydrogens (tertiary/aromatic N) is 1. The highest BCUT2D eigenvalue weighted by atomic mass is 16.7. The van der Waals surface area contributed by atoms with Gasteiger partial charge in [-0.1, -0.05) is 0 Å². The zero-order chi connectivity index (χ0) is 20.3. The molecular weight excluding hydrogens is 354 g/mol. The number of nitrogens with two attached hydrogens (primary N) is 4. The number of carbonyl (C=O) groups excluding carboxylic acids is 1. The van der Waals surface area contributed by atoms with E-state index >= 15 is 0 Å². The summed E-state index contributed by atoms with van der Waals surface area (Å²) in [4.78, 5) is 13.5. The summed E-state index contributed by atoms with van der Waals surface area (Å²) in [5, 5.41) is 11.0. The number of hydrogen-bond acceptors (Lipinski definition) is 9. The first-order valence-corrected chi connectivity index (χ1v) is 9.45. The van der Waals surface area contributed by atoms with Crippen LogP contribution in [0.15, 0.2) is 0 Å². The SMILES string of the molecule is CO[C@H]1C[C@@H](N)[C@@H](O[C@H]2O[C@H]([C@H](C)N)CC[C@H]2N)[C@H](O)[C@@H]1N(C)C(=O)CN. The van der Waals surface area contributed by atoms with Crippen molar-refractivity contribution in [1.29, 1.82) is 0 Å². The maximum atomic E-state index is 12.1. The Balaban J connectivity index is 2.16. The van der Waals surface area contributed by atoms with E-state index in [1.54, 1.807) is 7.05 Å². The van der Waals surface area contributed by atoms with E-state index in [0.29, 0.717) is 12.8 Å². The van der Waals surface area contributed by atoms with E-state index in [4.69, 9.17) is 37.1 Å². The lowest BCUT2D eigenvalue weighted by Gasteiger charge is -2.48. The third-order valence-electron chi connectivity index (χ3n) is 5.63. The second kappa shape index (κ2) is 9.57. The van der Waals surface area contributed by atoms with Crippen LogP contribution in [0.2, 0.25) is 0 Å². The molecule has 1 heterocycles. The summed E-state index contributed by atoms with van der Waals surface area (Å²) < 4.78 is 17.4. The molecule has 2 fully saturated rings. The molecule has 27 heavy (non-hydrogen) atoms. The van der Waals surface area contributed by atoms with Crippen molar-refractivity contribution in [2.75, 3.05) is 20.7 Å². The highest BCUT2D eigenvalue weighted by molar-refractivity contribution is 5.78. The number of ether oxygens (including phenoxy) is 3. The van der Waals surface area contributed by atoms with Gasteiger partial charge in [0.15, 0.2) is 6.29 Å². The Morgan fingerprint density at radius 2 is 2.00 bits per heavy atom. The molecule has 2 aliphatic rings. The molecule has 9 N–H and O–H groups in total. The Morgan fingerprint density at radius 1 is 1.33 bits per heavy atom. The van der Waals surface area contributed by atoms with Crippen molar-refractivity contribution in [2.45, 2.75) is 81.1 Å². The Morgan fingerprint density at radius 3 is 2.56 bits per heavy atom. The van der Waals surface area contributed by atoms with E-state index in [9.17, 15) is 9.90 Å². The van der Waals surface area contributed by atoms with Gasteiger partial charge in [0.2, 0.25) is 5.91 Å². The molecule has 10 nitrogen and oxygen atoms in total. The second-order valence-electron chi connectivity index (χ2n) is 7.61. The van der Waals surface area contributed by atoms with Crippen molar-refractivity contribution >= 4 is 5.91 Å². The number of carbonyl (C=O) groups is 1. The largest absolute Gasteiger partial charge is 0.388 e. The van der Waals surface area contributed by atoms with Crippen LogP contribution in [-0.2, 0) is 19.0 Å². The zero-order valence-corrected chi connectivity index (χ0v) is 16.4. The van der Waals surface area contributed by atoms with Crippen LogP contribution in [0.3, 0.4) is 0 Å². The Hall–Kier alpha value is -0.850. The summed E-state index contributed by atoms with van der Waals surface area (Å²) in [5.74, 6) is -0.307. The minimum Gasteiger partial charge on any atom is -0.388 e. The van der Waals surface area contributed by atoms with Gasteiger partial charge in [0, 0.05) is 26.2 Å². The maximum Gasteiger partial charge on any atom is 0.236 e. The summed E-state index contributed by atoms with van der Waals surface area (Å²) in [6, 6.07) is -1.65. The number of aliphatic hydroxyl groups is 1. The fourth-order valence-electron chi connectivity index (χ4n) is 3.92. The van der Waals surface area contributed by atoms with Gasteiger partial charge < -0.3 is 47.2 Å². The molecule has 1 aliphatic heterocycles. The van der Waals surface area contributed by atoms with Crippen molar-refractivity contribution in [1.82, 2.24) is 4.90 Å². The van der Waals surface area contributed by atoms with E-state index in [0.717, 1.165) is 6.42 Å². The van der Waals surface area contributed by atoms with Crippen molar-refractivity contribution in [2.24, 2.45) is 22.9 Å². The molecule has 1 saturated carbocycles. The highest BCUT2D eigenvalue weighted by Crippen LogP contribution is 2.30. The van der Waals surface area contributed by atoms with E-state index in [1.165, 1.54) is 12.0 Å². The van der Waals surface area contributed by atoms with Gasteiger partial charge in [0.05, 0.1) is 30.8 Å². The molecule has 0 unspecified atom stereocenters. The van der Waals surface area contributed by atoms with Crippen LogP contribution in [0.4, 0.5) is 0 Å². The highest BCUT2D eigenvalue weighted by Gasteiger charge is 2.48. The molecule has 9 atom stereocenters. The lowest BCUT2D eigenvalue weighted by Crippen LogP contribution is -2.67. The smallest absolute Gasteiger partial charge is 0.236 e. The molecule has 158 valence electrons. The standard InChI is InChI=1S/C17H35N5O5/c1-8(19)11-5-4-9(20)17(26-11)27-16-10(21)6-12(25-3)14(15(16)24)22(2)13(23)7-18/h8-12,14-17,24H,4-7,18-21H2,1-3H3/t8-,9+,10+,11-,12-,14+,15+,16+,17+/m0/s1. The average Bonchev–Trinajstić information content (AvgIpc) is 2.64. The predicted molar refractivity (Wildman–Crippen MR) is 99.4 cm³/mol. The monoisotopic (exact) mass is 389 g/mol. The first kappa shape index (κ1) is 22.4. The maximum absolute atomic E-state index is 12.1. The number of methoxy groups -OCH3 is 1. The van der Waals surface area contributed by atoms with Gasteiger partial charge in [-0.05, 0) is 26.2 Å². The lowest BCUT2D eigenvalue weighted by molar-refractivity contribution is -0.257.